The first-order valence-corrected chi connectivity index (χ1v) is 36.9. The largest absolute Gasteiger partial charge is 0.481 e. The van der Waals surface area contributed by atoms with Crippen molar-refractivity contribution in [1.29, 1.82) is 0 Å². The van der Waals surface area contributed by atoms with Gasteiger partial charge in [-0.25, -0.2) is 4.79 Å². The summed E-state index contributed by atoms with van der Waals surface area (Å²) in [6.07, 6.45) is -15.2. The number of unbranched alkanes of at least 4 members (excludes halogenated alkanes) is 1. The number of hydrogen-bond donors (Lipinski definition) is 19. The number of methoxy groups -OCH3 is 1. The Bertz CT molecular complexity index is 3150. The average molecular weight is 1560 g/mol. The molecule has 109 heavy (non-hydrogen) atoms. The van der Waals surface area contributed by atoms with Gasteiger partial charge in [0.05, 0.1) is 43.2 Å². The molecule has 39 heteroatoms. The molecule has 22 N–H and O–H groups in total. The lowest BCUT2D eigenvalue weighted by Crippen LogP contribution is -2.65. The molecule has 2 heterocycles. The molecule has 2 aliphatic rings. The van der Waals surface area contributed by atoms with Crippen LogP contribution >= 0.6 is 0 Å². The van der Waals surface area contributed by atoms with E-state index in [1.165, 1.54) is 20.8 Å². The van der Waals surface area contributed by atoms with E-state index >= 15 is 9.59 Å². The van der Waals surface area contributed by atoms with E-state index in [9.17, 15) is 103 Å². The molecular formula is C70H120N14O25. The van der Waals surface area contributed by atoms with Gasteiger partial charge in [-0.1, -0.05) is 68.7 Å². The van der Waals surface area contributed by atoms with Gasteiger partial charge in [-0.05, 0) is 121 Å². The summed E-state index contributed by atoms with van der Waals surface area (Å²) in [4.78, 5) is 226. The van der Waals surface area contributed by atoms with Gasteiger partial charge in [-0.15, -0.1) is 0 Å². The standard InChI is InChI=1S/C70H120N14O25/c1-15-32(4)28-42-68(105)83(13)44(22-23-47(88)89)62(99)82-53(57(108-14)59(73)96)66(103)77-43(29-48(90)91)69(106)84-25-19-17-21-45(84)70(107)109-40(12)52(65(102)80-51(39(11)86)64(101)75-41(61(98)76-42)20-16-18-24-71)81-63(100)49(35(7)36(8)58(72)95)79-67(104)56(94)55(93)50(38(10)85)78-46(87)30-74-60(97)37(9)54(92)34(6)27-33(5)26-31(2)3/h31-45,49-57,85-86,92-94H,15-30,71H2,1-14H3,(H2,72,95)(H2,73,96)(H,74,97)(H,75,101)(H,76,98)(H,77,103)(H,78,87)(H,79,104)(H,80,102)(H,81,100)(H,82,99)(H,88,89)(H,90,91). The zero-order valence-corrected chi connectivity index (χ0v) is 64.8. The molecule has 23 atom stereocenters. The van der Waals surface area contributed by atoms with Crippen molar-refractivity contribution in [2.24, 2.45) is 58.6 Å². The summed E-state index contributed by atoms with van der Waals surface area (Å²) in [6.45, 7) is 17.2. The number of aliphatic hydroxyl groups is 5. The zero-order valence-electron chi connectivity index (χ0n) is 64.8. The SMILES string of the molecule is CCC(C)CC1NC(=O)C(CCCCN)NC(=O)C(C(C)O)NC(=O)C(NC(=O)C(NC(=O)C(O)C(O)C(NC(=O)CNC(=O)C(C)C(O)C(C)CC(C)CC(C)C)C(C)O)C(C)C(C)C(N)=O)C(C)OC(=O)C2CCCCN2C(=O)C(CC(=O)O)NC(=O)C(C(OC)C(N)=O)NC(=O)C(CCC(=O)O)N(C)C1=O. The van der Waals surface area contributed by atoms with E-state index in [0.29, 0.717) is 18.8 Å². The van der Waals surface area contributed by atoms with Gasteiger partial charge in [0.1, 0.15) is 66.6 Å². The number of hydrogen-bond acceptors (Lipinski definition) is 24. The molecule has 23 unspecified atom stereocenters. The highest BCUT2D eigenvalue weighted by Crippen LogP contribution is 2.27. The minimum absolute atomic E-state index is 0.0700. The average Bonchev–Trinajstić information content (AvgIpc) is 0.968. The van der Waals surface area contributed by atoms with Gasteiger partial charge in [0.15, 0.2) is 12.2 Å². The third-order valence-corrected chi connectivity index (χ3v) is 19.9. The first kappa shape index (κ1) is 96.3. The summed E-state index contributed by atoms with van der Waals surface area (Å²) in [5, 5.41) is 96.9. The Morgan fingerprint density at radius 2 is 1.25 bits per heavy atom. The Balaban J connectivity index is 2.99. The molecule has 0 radical (unpaired) electrons. The highest BCUT2D eigenvalue weighted by atomic mass is 16.5. The fourth-order valence-electron chi connectivity index (χ4n) is 13.0. The van der Waals surface area contributed by atoms with Crippen LogP contribution in [-0.4, -0.2) is 277 Å². The van der Waals surface area contributed by atoms with Gasteiger partial charge in [-0.2, -0.15) is 0 Å². The van der Waals surface area contributed by atoms with Gasteiger partial charge in [-0.3, -0.25) is 71.9 Å². The summed E-state index contributed by atoms with van der Waals surface area (Å²) in [6, 6.07) is -20.0. The molecule has 2 rings (SSSR count). The Kier molecular flexibility index (Phi) is 40.7. The van der Waals surface area contributed by atoms with Crippen molar-refractivity contribution in [3.63, 3.8) is 0 Å². The normalized spacial score (nSPS) is 25.1. The number of esters is 1. The third kappa shape index (κ3) is 29.9. The molecule has 13 amide bonds. The number of cyclic esters (lactones) is 1. The van der Waals surface area contributed by atoms with Crippen LogP contribution in [0, 0.1) is 41.4 Å². The van der Waals surface area contributed by atoms with Crippen LogP contribution < -0.4 is 65.1 Å². The molecule has 620 valence electrons. The predicted molar refractivity (Wildman–Crippen MR) is 386 cm³/mol. The number of carboxylic acids is 2. The molecule has 0 aromatic rings. The van der Waals surface area contributed by atoms with Crippen LogP contribution in [0.15, 0.2) is 0 Å². The molecular weight excluding hydrogens is 1440 g/mol. The number of nitrogens with one attached hydrogen (secondary N) is 9. The number of nitrogens with two attached hydrogens (primary N) is 3. The van der Waals surface area contributed by atoms with E-state index in [1.54, 1.807) is 20.8 Å². The molecule has 2 aliphatic heterocycles. The number of aliphatic hydroxyl groups excluding tert-OH is 5. The number of primary amides is 2. The number of amides is 13. The summed E-state index contributed by atoms with van der Waals surface area (Å²) < 4.78 is 11.1. The second kappa shape index (κ2) is 46.0. The fraction of sp³-hybridized carbons (Fsp3) is 0.771. The number of piperidine rings is 1. The molecule has 0 bridgehead atoms. The quantitative estimate of drug-likeness (QED) is 0.0206. The van der Waals surface area contributed by atoms with Crippen LogP contribution in [0.2, 0.25) is 0 Å². The van der Waals surface area contributed by atoms with Crippen molar-refractivity contribution < 1.29 is 122 Å². The van der Waals surface area contributed by atoms with Crippen molar-refractivity contribution in [1.82, 2.24) is 57.7 Å². The van der Waals surface area contributed by atoms with Crippen LogP contribution in [0.1, 0.15) is 167 Å². The lowest BCUT2D eigenvalue weighted by atomic mass is 9.84. The maximum Gasteiger partial charge on any atom is 0.329 e. The van der Waals surface area contributed by atoms with Crippen molar-refractivity contribution >= 4 is 94.7 Å². The topological polar surface area (TPSA) is 626 Å². The smallest absolute Gasteiger partial charge is 0.329 e. The van der Waals surface area contributed by atoms with Crippen LogP contribution in [0.3, 0.4) is 0 Å². The molecule has 2 saturated heterocycles. The zero-order chi connectivity index (χ0) is 83.3. The van der Waals surface area contributed by atoms with Crippen molar-refractivity contribution in [2.45, 2.75) is 270 Å². The van der Waals surface area contributed by atoms with Crippen LogP contribution in [-0.2, 0) is 86.2 Å². The maximum absolute atomic E-state index is 15.1. The van der Waals surface area contributed by atoms with Gasteiger partial charge in [0.25, 0.3) is 5.91 Å². The lowest BCUT2D eigenvalue weighted by molar-refractivity contribution is -0.164. The van der Waals surface area contributed by atoms with E-state index in [1.807, 2.05) is 6.92 Å². The van der Waals surface area contributed by atoms with Crippen molar-refractivity contribution in [3.8, 4) is 0 Å². The summed E-state index contributed by atoms with van der Waals surface area (Å²) in [5.74, 6) is -25.1. The molecule has 39 nitrogen and oxygen atoms in total. The van der Waals surface area contributed by atoms with E-state index in [0.717, 1.165) is 51.1 Å². The number of aliphatic carboxylic acids is 2. The number of carbonyl (C=O) groups excluding carboxylic acids is 14. The van der Waals surface area contributed by atoms with Crippen molar-refractivity contribution in [2.75, 3.05) is 33.8 Å². The highest BCUT2D eigenvalue weighted by molar-refractivity contribution is 6.01. The first-order valence-electron chi connectivity index (χ1n) is 36.9. The van der Waals surface area contributed by atoms with Gasteiger partial charge in [0, 0.05) is 33.0 Å². The third-order valence-electron chi connectivity index (χ3n) is 19.9. The Labute approximate surface area is 634 Å². The van der Waals surface area contributed by atoms with E-state index in [-0.39, 0.29) is 69.9 Å². The Hall–Kier alpha value is -8.76. The second-order valence-electron chi connectivity index (χ2n) is 29.4. The highest BCUT2D eigenvalue weighted by Gasteiger charge is 2.47. The van der Waals surface area contributed by atoms with Crippen LogP contribution in [0.5, 0.6) is 0 Å². The number of carboxylic acid groups (broad SMARTS) is 2. The van der Waals surface area contributed by atoms with Crippen LogP contribution in [0.25, 0.3) is 0 Å². The summed E-state index contributed by atoms with van der Waals surface area (Å²) in [7, 11) is 1.93. The second-order valence-corrected chi connectivity index (χ2v) is 29.4. The Morgan fingerprint density at radius 1 is 0.651 bits per heavy atom. The summed E-state index contributed by atoms with van der Waals surface area (Å²) >= 11 is 0. The minimum atomic E-state index is -2.69. The molecule has 0 saturated carbocycles. The number of likely N-dealkylation sites (N-methyl/N-ethyl adjacent to an activating group) is 1. The fourth-order valence-corrected chi connectivity index (χ4v) is 13.0. The Morgan fingerprint density at radius 3 is 1.79 bits per heavy atom. The molecule has 0 aromatic carbocycles. The number of nitrogens with zero attached hydrogens (tertiary/aromatic N) is 2. The number of carbonyl (C=O) groups is 16. The van der Waals surface area contributed by atoms with E-state index in [2.05, 4.69) is 61.7 Å². The number of ether oxygens (including phenoxy) is 2. The summed E-state index contributed by atoms with van der Waals surface area (Å²) in [5.41, 5.74) is 17.1. The predicted octanol–water partition coefficient (Wildman–Crippen LogP) is -5.51. The first-order chi connectivity index (χ1) is 50.8. The number of fused-ring (bicyclic) bond motifs is 1. The molecule has 0 spiro atoms. The lowest BCUT2D eigenvalue weighted by Gasteiger charge is -2.38. The van der Waals surface area contributed by atoms with E-state index in [4.69, 9.17) is 26.7 Å². The van der Waals surface area contributed by atoms with Crippen molar-refractivity contribution in [3.05, 3.63) is 0 Å². The van der Waals surface area contributed by atoms with E-state index < -0.39 is 247 Å². The molecule has 2 fully saturated rings. The van der Waals surface area contributed by atoms with Gasteiger partial charge >= 0.3 is 17.9 Å². The maximum atomic E-state index is 15.1. The monoisotopic (exact) mass is 1560 g/mol. The number of rotatable bonds is 36. The molecule has 0 aliphatic carbocycles. The van der Waals surface area contributed by atoms with Gasteiger partial charge in [0.2, 0.25) is 70.9 Å². The van der Waals surface area contributed by atoms with Gasteiger partial charge < -0.3 is 120 Å². The minimum Gasteiger partial charge on any atom is -0.481 e. The van der Waals surface area contributed by atoms with Crippen LogP contribution in [0.4, 0.5) is 0 Å². The molecule has 0 aromatic heterocycles.